The van der Waals surface area contributed by atoms with Gasteiger partial charge in [-0.25, -0.2) is 22.0 Å². The van der Waals surface area contributed by atoms with Crippen LogP contribution in [0.15, 0.2) is 24.4 Å². The zero-order chi connectivity index (χ0) is 26.4. The minimum Gasteiger partial charge on any atom is -0.444 e. The molecule has 1 saturated heterocycles. The van der Waals surface area contributed by atoms with Gasteiger partial charge in [0.2, 0.25) is 0 Å². The van der Waals surface area contributed by atoms with E-state index in [-0.39, 0.29) is 31.7 Å². The fraction of sp³-hybridized carbons (Fsp3) is 0.565. The molecule has 2 aromatic rings. The first-order valence-electron chi connectivity index (χ1n) is 11.5. The van der Waals surface area contributed by atoms with Gasteiger partial charge < -0.3 is 19.9 Å². The molecule has 1 amide bonds. The van der Waals surface area contributed by atoms with Crippen LogP contribution in [0.1, 0.15) is 56.2 Å². The number of nitrogens with one attached hydrogen (secondary N) is 1. The lowest BCUT2D eigenvalue weighted by Crippen LogP contribution is -2.52. The van der Waals surface area contributed by atoms with E-state index >= 15 is 0 Å². The molecule has 198 valence electrons. The average Bonchev–Trinajstić information content (AvgIpc) is 3.33. The number of aliphatic hydroxyl groups excluding tert-OH is 1. The number of nitrogens with zero attached hydrogens (tertiary/aromatic N) is 3. The molecule has 3 heterocycles. The first-order chi connectivity index (χ1) is 16.8. The number of carbonyl (C=O) groups excluding carboxylic acids is 1. The van der Waals surface area contributed by atoms with Crippen LogP contribution in [-0.2, 0) is 26.0 Å². The van der Waals surface area contributed by atoms with Gasteiger partial charge in [0.15, 0.2) is 0 Å². The van der Waals surface area contributed by atoms with Crippen molar-refractivity contribution in [3.63, 3.8) is 0 Å². The lowest BCUT2D eigenvalue weighted by atomic mass is 9.92. The van der Waals surface area contributed by atoms with Crippen LogP contribution in [0.3, 0.4) is 0 Å². The van der Waals surface area contributed by atoms with Crippen LogP contribution < -0.4 is 5.32 Å². The number of halogens is 2. The van der Waals surface area contributed by atoms with Crippen molar-refractivity contribution in [2.75, 3.05) is 19.5 Å². The number of hydrogen-bond acceptors (Lipinski definition) is 8. The number of aromatic nitrogens is 2. The predicted octanol–water partition coefficient (Wildman–Crippen LogP) is 2.24. The maximum Gasteiger partial charge on any atom is 0.407 e. The first kappa shape index (κ1) is 26.5. The minimum atomic E-state index is -3.65. The minimum absolute atomic E-state index is 0.0364. The number of hydrogen-bond donors (Lipinski definition) is 2. The number of rotatable bonds is 5. The lowest BCUT2D eigenvalue weighted by Gasteiger charge is -2.42. The highest BCUT2D eigenvalue weighted by Gasteiger charge is 2.44. The van der Waals surface area contributed by atoms with E-state index in [4.69, 9.17) is 9.47 Å². The standard InChI is InChI=1S/C23H30F2N4O6S/c1-23(2,3)35-22(31)27-18-8-14(12-34-21(18)15-7-13(24)5-6-17(15)25)28-10-19-16(20(28)11-30)9-26-29(19)36(4,32)33/h5-7,9,14,18,20-21,30H,8,10-12H2,1-4H3,(H,27,31)/t14-,18+,20+,21-/m1/s1. The van der Waals surface area contributed by atoms with Crippen molar-refractivity contribution in [3.8, 4) is 0 Å². The van der Waals surface area contributed by atoms with E-state index in [1.807, 2.05) is 4.90 Å². The Bertz CT molecular complexity index is 1250. The lowest BCUT2D eigenvalue weighted by molar-refractivity contribution is -0.0736. The largest absolute Gasteiger partial charge is 0.444 e. The Balaban J connectivity index is 1.62. The van der Waals surface area contributed by atoms with E-state index in [1.54, 1.807) is 20.8 Å². The summed E-state index contributed by atoms with van der Waals surface area (Å²) in [5, 5.41) is 16.8. The molecular formula is C23H30F2N4O6S. The molecule has 0 spiro atoms. The number of fused-ring (bicyclic) bond motifs is 1. The SMILES string of the molecule is CC(C)(C)OC(=O)N[C@H]1C[C@@H](N2Cc3c(cnn3S(C)(=O)=O)[C@@H]2CO)CO[C@@H]1c1cc(F)ccc1F. The summed E-state index contributed by atoms with van der Waals surface area (Å²) in [5.74, 6) is -1.32. The first-order valence-corrected chi connectivity index (χ1v) is 13.3. The molecule has 1 aromatic carbocycles. The molecule has 4 rings (SSSR count). The summed E-state index contributed by atoms with van der Waals surface area (Å²) >= 11 is 0. The Labute approximate surface area is 208 Å². The second kappa shape index (κ2) is 9.69. The van der Waals surface area contributed by atoms with Crippen molar-refractivity contribution in [1.29, 1.82) is 0 Å². The van der Waals surface area contributed by atoms with E-state index in [0.717, 1.165) is 28.5 Å². The van der Waals surface area contributed by atoms with Crippen LogP contribution in [0.2, 0.25) is 0 Å². The van der Waals surface area contributed by atoms with E-state index in [9.17, 15) is 27.1 Å². The van der Waals surface area contributed by atoms with Crippen LogP contribution in [0.25, 0.3) is 0 Å². The molecular weight excluding hydrogens is 498 g/mol. The zero-order valence-corrected chi connectivity index (χ0v) is 21.3. The molecule has 0 saturated carbocycles. The third-order valence-electron chi connectivity index (χ3n) is 6.24. The summed E-state index contributed by atoms with van der Waals surface area (Å²) < 4.78 is 65.2. The number of benzene rings is 1. The summed E-state index contributed by atoms with van der Waals surface area (Å²) in [5.41, 5.74) is 0.198. The van der Waals surface area contributed by atoms with Gasteiger partial charge in [0.25, 0.3) is 10.0 Å². The Morgan fingerprint density at radius 2 is 2.03 bits per heavy atom. The second-order valence-electron chi connectivity index (χ2n) is 10.1. The maximum absolute atomic E-state index is 14.6. The molecule has 36 heavy (non-hydrogen) atoms. The quantitative estimate of drug-likeness (QED) is 0.606. The predicted molar refractivity (Wildman–Crippen MR) is 124 cm³/mol. The number of carbonyl (C=O) groups is 1. The maximum atomic E-state index is 14.6. The van der Waals surface area contributed by atoms with Crippen LogP contribution in [0, 0.1) is 11.6 Å². The van der Waals surface area contributed by atoms with Gasteiger partial charge in [-0.2, -0.15) is 9.19 Å². The van der Waals surface area contributed by atoms with Gasteiger partial charge in [0.1, 0.15) is 23.3 Å². The van der Waals surface area contributed by atoms with E-state index in [1.165, 1.54) is 6.20 Å². The van der Waals surface area contributed by atoms with E-state index in [2.05, 4.69) is 10.4 Å². The van der Waals surface area contributed by atoms with Crippen LogP contribution in [0.4, 0.5) is 13.6 Å². The molecule has 2 aliphatic heterocycles. The van der Waals surface area contributed by atoms with Gasteiger partial charge in [-0.15, -0.1) is 0 Å². The fourth-order valence-corrected chi connectivity index (χ4v) is 5.60. The smallest absolute Gasteiger partial charge is 0.407 e. The molecule has 13 heteroatoms. The molecule has 4 atom stereocenters. The third kappa shape index (κ3) is 5.38. The van der Waals surface area contributed by atoms with Crippen molar-refractivity contribution in [1.82, 2.24) is 19.4 Å². The van der Waals surface area contributed by atoms with Crippen molar-refractivity contribution < 1.29 is 36.6 Å². The average molecular weight is 529 g/mol. The van der Waals surface area contributed by atoms with Crippen molar-refractivity contribution >= 4 is 16.1 Å². The Hall–Kier alpha value is -2.61. The Morgan fingerprint density at radius 1 is 1.31 bits per heavy atom. The molecule has 10 nitrogen and oxygen atoms in total. The molecule has 2 aliphatic rings. The van der Waals surface area contributed by atoms with Crippen LogP contribution in [0.5, 0.6) is 0 Å². The Morgan fingerprint density at radius 3 is 2.67 bits per heavy atom. The highest BCUT2D eigenvalue weighted by Crippen LogP contribution is 2.40. The molecule has 0 aliphatic carbocycles. The Kier molecular flexibility index (Phi) is 7.12. The zero-order valence-electron chi connectivity index (χ0n) is 20.4. The number of alkyl carbamates (subject to hydrolysis) is 1. The highest BCUT2D eigenvalue weighted by atomic mass is 32.2. The molecule has 1 aromatic heterocycles. The van der Waals surface area contributed by atoms with Gasteiger partial charge in [-0.05, 0) is 45.4 Å². The summed E-state index contributed by atoms with van der Waals surface area (Å²) in [6.07, 6.45) is 0.970. The van der Waals surface area contributed by atoms with Gasteiger partial charge in [0.05, 0.1) is 43.4 Å². The number of ether oxygens (including phenoxy) is 2. The summed E-state index contributed by atoms with van der Waals surface area (Å²) in [4.78, 5) is 14.5. The summed E-state index contributed by atoms with van der Waals surface area (Å²) in [6.45, 7) is 5.05. The fourth-order valence-electron chi connectivity index (χ4n) is 4.81. The van der Waals surface area contributed by atoms with Gasteiger partial charge >= 0.3 is 6.09 Å². The highest BCUT2D eigenvalue weighted by molar-refractivity contribution is 7.89. The molecule has 0 bridgehead atoms. The topological polar surface area (TPSA) is 123 Å². The normalized spacial score (nSPS) is 25.0. The number of aliphatic hydroxyl groups is 1. The monoisotopic (exact) mass is 528 g/mol. The van der Waals surface area contributed by atoms with E-state index < -0.39 is 57.6 Å². The summed E-state index contributed by atoms with van der Waals surface area (Å²) in [7, 11) is -3.65. The third-order valence-corrected chi connectivity index (χ3v) is 7.18. The number of amides is 1. The van der Waals surface area contributed by atoms with Crippen molar-refractivity contribution in [3.05, 3.63) is 52.9 Å². The molecule has 1 fully saturated rings. The van der Waals surface area contributed by atoms with Gasteiger partial charge in [0, 0.05) is 23.7 Å². The summed E-state index contributed by atoms with van der Waals surface area (Å²) in [6, 6.07) is 1.29. The van der Waals surface area contributed by atoms with Gasteiger partial charge in [-0.1, -0.05) is 0 Å². The van der Waals surface area contributed by atoms with Crippen molar-refractivity contribution in [2.45, 2.75) is 63.6 Å². The van der Waals surface area contributed by atoms with Crippen LogP contribution >= 0.6 is 0 Å². The van der Waals surface area contributed by atoms with Crippen LogP contribution in [-0.4, -0.2) is 70.9 Å². The second-order valence-corrected chi connectivity index (χ2v) is 11.9. The van der Waals surface area contributed by atoms with Gasteiger partial charge in [-0.3, -0.25) is 4.90 Å². The molecule has 0 unspecified atom stereocenters. The molecule has 2 N–H and O–H groups in total. The molecule has 0 radical (unpaired) electrons. The van der Waals surface area contributed by atoms with Crippen molar-refractivity contribution in [2.24, 2.45) is 0 Å². The van der Waals surface area contributed by atoms with E-state index in [0.29, 0.717) is 11.3 Å².